The van der Waals surface area contributed by atoms with Crippen LogP contribution in [0.25, 0.3) is 0 Å². The molecule has 1 heterocycles. The van der Waals surface area contributed by atoms with Gasteiger partial charge in [-0.3, -0.25) is 4.98 Å². The van der Waals surface area contributed by atoms with E-state index in [0.717, 1.165) is 23.4 Å². The second-order valence-electron chi connectivity index (χ2n) is 5.96. The van der Waals surface area contributed by atoms with Crippen LogP contribution in [0, 0.1) is 17.8 Å². The van der Waals surface area contributed by atoms with Gasteiger partial charge in [-0.25, -0.2) is 0 Å². The fraction of sp³-hybridized carbons (Fsp3) is 0.667. The third-order valence-corrected chi connectivity index (χ3v) is 5.02. The standard InChI is InChI=1S/C15H22N2/c1-10(14-4-2-3-7-17-14)15(16)13-9-11-5-6-12(13)8-11/h2-4,7,10-13,15H,5-6,8-9,16H2,1H3. The Morgan fingerprint density at radius 3 is 2.76 bits per heavy atom. The molecule has 17 heavy (non-hydrogen) atoms. The highest BCUT2D eigenvalue weighted by Gasteiger charge is 2.43. The topological polar surface area (TPSA) is 38.9 Å². The third-order valence-electron chi connectivity index (χ3n) is 5.02. The Hall–Kier alpha value is -0.890. The Morgan fingerprint density at radius 2 is 2.18 bits per heavy atom. The fourth-order valence-corrected chi connectivity index (χ4v) is 3.98. The van der Waals surface area contributed by atoms with Gasteiger partial charge in [-0.2, -0.15) is 0 Å². The van der Waals surface area contributed by atoms with Crippen LogP contribution in [-0.2, 0) is 0 Å². The van der Waals surface area contributed by atoms with Crippen molar-refractivity contribution in [3.8, 4) is 0 Å². The zero-order valence-electron chi connectivity index (χ0n) is 10.5. The highest BCUT2D eigenvalue weighted by Crippen LogP contribution is 2.50. The second kappa shape index (κ2) is 4.41. The third kappa shape index (κ3) is 1.99. The maximum Gasteiger partial charge on any atom is 0.0447 e. The van der Waals surface area contributed by atoms with Crippen LogP contribution < -0.4 is 5.73 Å². The van der Waals surface area contributed by atoms with Crippen LogP contribution in [0.1, 0.15) is 44.2 Å². The number of nitrogens with two attached hydrogens (primary N) is 1. The lowest BCUT2D eigenvalue weighted by molar-refractivity contribution is 0.260. The second-order valence-corrected chi connectivity index (χ2v) is 5.96. The van der Waals surface area contributed by atoms with Gasteiger partial charge in [0, 0.05) is 23.9 Å². The van der Waals surface area contributed by atoms with Crippen LogP contribution >= 0.6 is 0 Å². The molecule has 0 spiro atoms. The highest BCUT2D eigenvalue weighted by molar-refractivity contribution is 5.12. The van der Waals surface area contributed by atoms with Crippen LogP contribution in [0.5, 0.6) is 0 Å². The molecular weight excluding hydrogens is 208 g/mol. The van der Waals surface area contributed by atoms with Gasteiger partial charge in [0.25, 0.3) is 0 Å². The Labute approximate surface area is 104 Å². The Morgan fingerprint density at radius 1 is 1.29 bits per heavy atom. The van der Waals surface area contributed by atoms with Crippen molar-refractivity contribution < 1.29 is 0 Å². The molecule has 0 radical (unpaired) electrons. The van der Waals surface area contributed by atoms with E-state index in [1.54, 1.807) is 0 Å². The summed E-state index contributed by atoms with van der Waals surface area (Å²) in [6, 6.07) is 6.43. The minimum Gasteiger partial charge on any atom is -0.327 e. The summed E-state index contributed by atoms with van der Waals surface area (Å²) in [5.74, 6) is 3.01. The molecule has 1 aromatic rings. The molecular formula is C15H22N2. The van der Waals surface area contributed by atoms with E-state index >= 15 is 0 Å². The molecule has 5 atom stereocenters. The molecule has 0 aliphatic heterocycles. The number of rotatable bonds is 3. The largest absolute Gasteiger partial charge is 0.327 e. The average Bonchev–Trinajstić information content (AvgIpc) is 3.00. The summed E-state index contributed by atoms with van der Waals surface area (Å²) in [6.45, 7) is 2.24. The van der Waals surface area contributed by atoms with Gasteiger partial charge in [0.15, 0.2) is 0 Å². The van der Waals surface area contributed by atoms with Crippen molar-refractivity contribution in [2.75, 3.05) is 0 Å². The van der Waals surface area contributed by atoms with E-state index in [2.05, 4.69) is 24.0 Å². The Balaban J connectivity index is 1.72. The summed E-state index contributed by atoms with van der Waals surface area (Å²) in [5, 5.41) is 0. The van der Waals surface area contributed by atoms with Crippen LogP contribution in [0.2, 0.25) is 0 Å². The molecule has 1 aromatic heterocycles. The molecule has 2 heteroatoms. The molecule has 5 unspecified atom stereocenters. The molecule has 2 aliphatic carbocycles. The molecule has 0 amide bonds. The van der Waals surface area contributed by atoms with Crippen molar-refractivity contribution in [3.63, 3.8) is 0 Å². The van der Waals surface area contributed by atoms with E-state index in [1.165, 1.54) is 25.7 Å². The van der Waals surface area contributed by atoms with Gasteiger partial charge >= 0.3 is 0 Å². The van der Waals surface area contributed by atoms with Gasteiger partial charge in [0.2, 0.25) is 0 Å². The van der Waals surface area contributed by atoms with Crippen LogP contribution in [0.15, 0.2) is 24.4 Å². The summed E-state index contributed by atoms with van der Waals surface area (Å²) in [7, 11) is 0. The molecule has 0 saturated heterocycles. The highest BCUT2D eigenvalue weighted by atomic mass is 14.8. The van der Waals surface area contributed by atoms with E-state index in [4.69, 9.17) is 5.73 Å². The molecule has 2 bridgehead atoms. The predicted molar refractivity (Wildman–Crippen MR) is 69.6 cm³/mol. The van der Waals surface area contributed by atoms with Gasteiger partial charge < -0.3 is 5.73 Å². The van der Waals surface area contributed by atoms with Gasteiger partial charge in [-0.15, -0.1) is 0 Å². The van der Waals surface area contributed by atoms with Crippen LogP contribution in [-0.4, -0.2) is 11.0 Å². The van der Waals surface area contributed by atoms with Crippen molar-refractivity contribution in [1.82, 2.24) is 4.98 Å². The quantitative estimate of drug-likeness (QED) is 0.867. The van der Waals surface area contributed by atoms with Crippen molar-refractivity contribution in [2.45, 2.75) is 44.6 Å². The number of fused-ring (bicyclic) bond motifs is 2. The van der Waals surface area contributed by atoms with Crippen molar-refractivity contribution in [1.29, 1.82) is 0 Å². The van der Waals surface area contributed by atoms with Gasteiger partial charge in [-0.1, -0.05) is 19.4 Å². The summed E-state index contributed by atoms with van der Waals surface area (Å²) >= 11 is 0. The first-order chi connectivity index (χ1) is 8.25. The van der Waals surface area contributed by atoms with Crippen LogP contribution in [0.4, 0.5) is 0 Å². The van der Waals surface area contributed by atoms with E-state index in [-0.39, 0.29) is 0 Å². The van der Waals surface area contributed by atoms with Gasteiger partial charge in [0.05, 0.1) is 0 Å². The molecule has 0 aromatic carbocycles. The summed E-state index contributed by atoms with van der Waals surface area (Å²) in [4.78, 5) is 4.45. The van der Waals surface area contributed by atoms with Crippen molar-refractivity contribution in [2.24, 2.45) is 23.5 Å². The Kier molecular flexibility index (Phi) is 2.91. The van der Waals surface area contributed by atoms with Crippen molar-refractivity contribution in [3.05, 3.63) is 30.1 Å². The molecule has 2 fully saturated rings. The molecule has 2 N–H and O–H groups in total. The number of aromatic nitrogens is 1. The molecule has 3 rings (SSSR count). The summed E-state index contributed by atoms with van der Waals surface area (Å²) < 4.78 is 0. The van der Waals surface area contributed by atoms with E-state index in [9.17, 15) is 0 Å². The van der Waals surface area contributed by atoms with Gasteiger partial charge in [-0.05, 0) is 49.1 Å². The average molecular weight is 230 g/mol. The SMILES string of the molecule is CC(c1ccccn1)C(N)C1CC2CCC1C2. The number of pyridine rings is 1. The fourth-order valence-electron chi connectivity index (χ4n) is 3.98. The molecule has 92 valence electrons. The minimum absolute atomic E-state index is 0.292. The van der Waals surface area contributed by atoms with Gasteiger partial charge in [0.1, 0.15) is 0 Å². The van der Waals surface area contributed by atoms with Crippen LogP contribution in [0.3, 0.4) is 0 Å². The van der Waals surface area contributed by atoms with E-state index < -0.39 is 0 Å². The zero-order valence-corrected chi connectivity index (χ0v) is 10.5. The lowest BCUT2D eigenvalue weighted by Crippen LogP contribution is -2.38. The predicted octanol–water partition coefficient (Wildman–Crippen LogP) is 2.95. The summed E-state index contributed by atoms with van der Waals surface area (Å²) in [6.07, 6.45) is 7.54. The molecule has 2 nitrogen and oxygen atoms in total. The number of hydrogen-bond donors (Lipinski definition) is 1. The lowest BCUT2D eigenvalue weighted by atomic mass is 9.78. The monoisotopic (exact) mass is 230 g/mol. The number of nitrogens with zero attached hydrogens (tertiary/aromatic N) is 1. The van der Waals surface area contributed by atoms with E-state index in [0.29, 0.717) is 12.0 Å². The normalized spacial score (nSPS) is 34.8. The first-order valence-electron chi connectivity index (χ1n) is 6.92. The first-order valence-corrected chi connectivity index (χ1v) is 6.92. The summed E-state index contributed by atoms with van der Waals surface area (Å²) in [5.41, 5.74) is 7.66. The van der Waals surface area contributed by atoms with E-state index in [1.807, 2.05) is 12.3 Å². The maximum atomic E-state index is 6.50. The maximum absolute atomic E-state index is 6.50. The minimum atomic E-state index is 0.292. The zero-order chi connectivity index (χ0) is 11.8. The smallest absolute Gasteiger partial charge is 0.0447 e. The lowest BCUT2D eigenvalue weighted by Gasteiger charge is -2.31. The Bertz CT molecular complexity index is 376. The number of hydrogen-bond acceptors (Lipinski definition) is 2. The van der Waals surface area contributed by atoms with Crippen molar-refractivity contribution >= 4 is 0 Å². The first kappa shape index (κ1) is 11.2. The molecule has 2 aliphatic rings. The molecule has 2 saturated carbocycles.